The van der Waals surface area contributed by atoms with Crippen molar-refractivity contribution in [2.24, 2.45) is 4.99 Å². The van der Waals surface area contributed by atoms with Gasteiger partial charge >= 0.3 is 5.97 Å². The second-order valence-corrected chi connectivity index (χ2v) is 9.15. The minimum absolute atomic E-state index is 0.00793. The second-order valence-electron chi connectivity index (χ2n) is 8.31. The van der Waals surface area contributed by atoms with E-state index in [9.17, 15) is 9.59 Å². The molecule has 182 valence electrons. The van der Waals surface area contributed by atoms with E-state index < -0.39 is 12.0 Å². The van der Waals surface area contributed by atoms with E-state index in [1.807, 2.05) is 78.8 Å². The van der Waals surface area contributed by atoms with Crippen LogP contribution in [0.5, 0.6) is 5.75 Å². The van der Waals surface area contributed by atoms with Crippen molar-refractivity contribution in [2.45, 2.75) is 32.9 Å². The van der Waals surface area contributed by atoms with Gasteiger partial charge in [0, 0.05) is 19.3 Å². The predicted molar refractivity (Wildman–Crippen MR) is 138 cm³/mol. The smallest absolute Gasteiger partial charge is 0.338 e. The molecule has 1 unspecified atom stereocenters. The average Bonchev–Trinajstić information content (AvgIpc) is 3.28. The molecule has 0 bridgehead atoms. The monoisotopic (exact) mass is 491 g/mol. The van der Waals surface area contributed by atoms with Crippen LogP contribution < -0.4 is 4.74 Å². The lowest BCUT2D eigenvalue weighted by atomic mass is 9.93. The first-order chi connectivity index (χ1) is 16.9. The number of carbonyl (C=O) groups is 2. The van der Waals surface area contributed by atoms with Crippen molar-refractivity contribution < 1.29 is 19.1 Å². The number of allylic oxidation sites excluding steroid dienone is 1. The molecule has 0 aromatic heterocycles. The number of hydrogen-bond acceptors (Lipinski definition) is 7. The maximum atomic E-state index is 13.5. The molecule has 0 saturated heterocycles. The molecule has 0 saturated carbocycles. The Labute approximate surface area is 210 Å². The van der Waals surface area contributed by atoms with Gasteiger partial charge in [-0.25, -0.2) is 9.79 Å². The molecule has 2 aliphatic rings. The van der Waals surface area contributed by atoms with Crippen LogP contribution >= 0.6 is 11.8 Å². The number of carbonyl (C=O) groups excluding carboxylic acids is 2. The Kier molecular flexibility index (Phi) is 7.60. The minimum Gasteiger partial charge on any atom is -0.497 e. The number of amidine groups is 1. The van der Waals surface area contributed by atoms with Crippen LogP contribution in [0.4, 0.5) is 0 Å². The van der Waals surface area contributed by atoms with Gasteiger partial charge in [-0.3, -0.25) is 4.79 Å². The zero-order valence-corrected chi connectivity index (χ0v) is 21.2. The Morgan fingerprint density at radius 1 is 1.11 bits per heavy atom. The zero-order chi connectivity index (χ0) is 24.9. The SMILES string of the molecule is CCN(C)C(=O)CC1=CSC2=NC(C)=C(C(=O)OCc3ccccc3)C(c3ccc(OC)cc3)N12. The van der Waals surface area contributed by atoms with E-state index >= 15 is 0 Å². The van der Waals surface area contributed by atoms with Crippen molar-refractivity contribution in [3.8, 4) is 5.75 Å². The molecular formula is C27H29N3O4S. The first-order valence-electron chi connectivity index (χ1n) is 11.5. The number of nitrogens with zero attached hydrogens (tertiary/aromatic N) is 3. The molecule has 7 nitrogen and oxygen atoms in total. The van der Waals surface area contributed by atoms with Gasteiger partial charge in [0.2, 0.25) is 5.91 Å². The molecule has 1 atom stereocenters. The molecule has 8 heteroatoms. The van der Waals surface area contributed by atoms with E-state index in [0.717, 1.165) is 27.7 Å². The van der Waals surface area contributed by atoms with Crippen LogP contribution in [0, 0.1) is 0 Å². The van der Waals surface area contributed by atoms with Crippen LogP contribution in [-0.4, -0.2) is 47.5 Å². The largest absolute Gasteiger partial charge is 0.497 e. The van der Waals surface area contributed by atoms with E-state index in [-0.39, 0.29) is 18.9 Å². The number of rotatable bonds is 8. The van der Waals surface area contributed by atoms with Gasteiger partial charge in [-0.05, 0) is 42.5 Å². The molecular weight excluding hydrogens is 462 g/mol. The summed E-state index contributed by atoms with van der Waals surface area (Å²) in [7, 11) is 3.40. The maximum Gasteiger partial charge on any atom is 0.338 e. The van der Waals surface area contributed by atoms with Crippen LogP contribution in [0.2, 0.25) is 0 Å². The molecule has 2 aromatic rings. The third-order valence-corrected chi connectivity index (χ3v) is 6.99. The van der Waals surface area contributed by atoms with Crippen molar-refractivity contribution in [1.82, 2.24) is 9.80 Å². The van der Waals surface area contributed by atoms with Crippen LogP contribution in [0.15, 0.2) is 82.0 Å². The first kappa shape index (κ1) is 24.6. The number of amides is 1. The Morgan fingerprint density at radius 2 is 1.83 bits per heavy atom. The zero-order valence-electron chi connectivity index (χ0n) is 20.4. The van der Waals surface area contributed by atoms with Crippen LogP contribution in [0.1, 0.15) is 37.4 Å². The Hall–Kier alpha value is -3.52. The lowest BCUT2D eigenvalue weighted by molar-refractivity contribution is -0.141. The van der Waals surface area contributed by atoms with Crippen molar-refractivity contribution in [3.05, 3.63) is 88.1 Å². The molecule has 35 heavy (non-hydrogen) atoms. The highest BCUT2D eigenvalue weighted by molar-refractivity contribution is 8.16. The molecule has 1 amide bonds. The Balaban J connectivity index is 1.69. The highest BCUT2D eigenvalue weighted by Gasteiger charge is 2.41. The highest BCUT2D eigenvalue weighted by atomic mass is 32.2. The molecule has 0 radical (unpaired) electrons. The van der Waals surface area contributed by atoms with Gasteiger partial charge in [0.05, 0.1) is 30.8 Å². The number of benzene rings is 2. The number of ether oxygens (including phenoxy) is 2. The summed E-state index contributed by atoms with van der Waals surface area (Å²) < 4.78 is 11.1. The summed E-state index contributed by atoms with van der Waals surface area (Å²) in [4.78, 5) is 34.6. The van der Waals surface area contributed by atoms with E-state index in [1.54, 1.807) is 19.1 Å². The fourth-order valence-corrected chi connectivity index (χ4v) is 4.96. The molecule has 0 spiro atoms. The fourth-order valence-electron chi connectivity index (χ4n) is 4.00. The summed E-state index contributed by atoms with van der Waals surface area (Å²) >= 11 is 1.46. The molecule has 2 heterocycles. The third kappa shape index (κ3) is 5.27. The topological polar surface area (TPSA) is 71.4 Å². The Bertz CT molecular complexity index is 1190. The van der Waals surface area contributed by atoms with E-state index in [2.05, 4.69) is 0 Å². The van der Waals surface area contributed by atoms with Crippen molar-refractivity contribution in [1.29, 1.82) is 0 Å². The van der Waals surface area contributed by atoms with Crippen LogP contribution in [0.25, 0.3) is 0 Å². The molecule has 0 aliphatic carbocycles. The highest BCUT2D eigenvalue weighted by Crippen LogP contribution is 2.45. The predicted octanol–water partition coefficient (Wildman–Crippen LogP) is 4.88. The first-order valence-corrected chi connectivity index (χ1v) is 12.3. The number of methoxy groups -OCH3 is 1. The summed E-state index contributed by atoms with van der Waals surface area (Å²) in [6.45, 7) is 4.56. The average molecular weight is 492 g/mol. The van der Waals surface area contributed by atoms with Crippen molar-refractivity contribution in [3.63, 3.8) is 0 Å². The quantitative estimate of drug-likeness (QED) is 0.490. The maximum absolute atomic E-state index is 13.5. The lowest BCUT2D eigenvalue weighted by Gasteiger charge is -2.36. The summed E-state index contributed by atoms with van der Waals surface area (Å²) in [5, 5.41) is 2.69. The minimum atomic E-state index is -0.474. The Morgan fingerprint density at radius 3 is 2.49 bits per heavy atom. The van der Waals surface area contributed by atoms with Crippen LogP contribution in [0.3, 0.4) is 0 Å². The summed E-state index contributed by atoms with van der Waals surface area (Å²) in [5.41, 5.74) is 3.66. The summed E-state index contributed by atoms with van der Waals surface area (Å²) in [5.74, 6) is 0.301. The molecule has 0 fully saturated rings. The lowest BCUT2D eigenvalue weighted by Crippen LogP contribution is -2.38. The number of esters is 1. The van der Waals surface area contributed by atoms with Gasteiger partial charge in [0.25, 0.3) is 0 Å². The molecule has 0 N–H and O–H groups in total. The number of thioether (sulfide) groups is 1. The van der Waals surface area contributed by atoms with E-state index in [1.165, 1.54) is 11.8 Å². The van der Waals surface area contributed by atoms with Crippen molar-refractivity contribution >= 4 is 28.8 Å². The normalized spacial score (nSPS) is 16.9. The van der Waals surface area contributed by atoms with Gasteiger partial charge in [-0.15, -0.1) is 0 Å². The van der Waals surface area contributed by atoms with E-state index in [4.69, 9.17) is 14.5 Å². The van der Waals surface area contributed by atoms with Gasteiger partial charge in [-0.1, -0.05) is 54.2 Å². The third-order valence-electron chi connectivity index (χ3n) is 6.10. The number of hydrogen-bond donors (Lipinski definition) is 0. The number of aliphatic imine (C=N–C) groups is 1. The molecule has 2 aliphatic heterocycles. The second kappa shape index (κ2) is 10.8. The fraction of sp³-hybridized carbons (Fsp3) is 0.296. The molecule has 2 aromatic carbocycles. The van der Waals surface area contributed by atoms with Crippen LogP contribution in [-0.2, 0) is 20.9 Å². The van der Waals surface area contributed by atoms with Gasteiger partial charge in [0.15, 0.2) is 5.17 Å². The molecule has 4 rings (SSSR count). The summed E-state index contributed by atoms with van der Waals surface area (Å²) in [6.07, 6.45) is 0.217. The van der Waals surface area contributed by atoms with Gasteiger partial charge in [0.1, 0.15) is 12.4 Å². The van der Waals surface area contributed by atoms with Gasteiger partial charge in [-0.2, -0.15) is 0 Å². The standard InChI is InChI=1S/C27H29N3O4S/c1-5-29(3)23(31)15-21-17-35-27-28-18(2)24(26(32)34-16-19-9-7-6-8-10-19)25(30(21)27)20-11-13-22(33-4)14-12-20/h6-14,17,25H,5,15-16H2,1-4H3. The number of fused-ring (bicyclic) bond motifs is 1. The van der Waals surface area contributed by atoms with Crippen molar-refractivity contribution in [2.75, 3.05) is 20.7 Å². The van der Waals surface area contributed by atoms with Gasteiger partial charge < -0.3 is 19.3 Å². The summed E-state index contributed by atoms with van der Waals surface area (Å²) in [6, 6.07) is 16.7. The van der Waals surface area contributed by atoms with E-state index in [0.29, 0.717) is 17.8 Å².